The highest BCUT2D eigenvalue weighted by Crippen LogP contribution is 2.29. The van der Waals surface area contributed by atoms with Gasteiger partial charge in [0.1, 0.15) is 0 Å². The van der Waals surface area contributed by atoms with Gasteiger partial charge in [-0.2, -0.15) is 0 Å². The van der Waals surface area contributed by atoms with Crippen LogP contribution in [-0.4, -0.2) is 30.4 Å². The van der Waals surface area contributed by atoms with Gasteiger partial charge in [-0.25, -0.2) is 0 Å². The van der Waals surface area contributed by atoms with Crippen LogP contribution in [0, 0.1) is 5.92 Å². The Hall–Kier alpha value is -1.51. The summed E-state index contributed by atoms with van der Waals surface area (Å²) in [6.07, 6.45) is 7.18. The third kappa shape index (κ3) is 2.92. The van der Waals surface area contributed by atoms with Gasteiger partial charge in [-0.05, 0) is 55.4 Å². The third-order valence-electron chi connectivity index (χ3n) is 5.17. The van der Waals surface area contributed by atoms with E-state index in [0.717, 1.165) is 31.4 Å². The van der Waals surface area contributed by atoms with Crippen LogP contribution in [-0.2, 0) is 6.42 Å². The van der Waals surface area contributed by atoms with E-state index >= 15 is 0 Å². The summed E-state index contributed by atoms with van der Waals surface area (Å²) in [5.41, 5.74) is 3.33. The number of nitrogens with one attached hydrogen (secondary N) is 1. The van der Waals surface area contributed by atoms with Crippen LogP contribution in [0.4, 0.5) is 5.69 Å². The second kappa shape index (κ2) is 6.08. The molecule has 3 rings (SSSR count). The van der Waals surface area contributed by atoms with Crippen molar-refractivity contribution in [3.63, 3.8) is 0 Å². The standard InChI is InChI=1S/C18H26N2O/c1-13-6-3-4-8-17(13)20(2)18(21)15-9-10-16-14(12-15)7-5-11-19-16/h9-10,12-13,17,19H,3-8,11H2,1-2H3. The molecule has 1 aliphatic heterocycles. The Morgan fingerprint density at radius 3 is 2.86 bits per heavy atom. The summed E-state index contributed by atoms with van der Waals surface area (Å²) in [6.45, 7) is 3.32. The van der Waals surface area contributed by atoms with Gasteiger partial charge in [-0.1, -0.05) is 19.8 Å². The number of carbonyl (C=O) groups is 1. The summed E-state index contributed by atoms with van der Waals surface area (Å²) in [4.78, 5) is 14.8. The molecule has 114 valence electrons. The first-order valence-corrected chi connectivity index (χ1v) is 8.31. The SMILES string of the molecule is CC1CCCCC1N(C)C(=O)c1ccc2c(c1)CCCN2. The monoisotopic (exact) mass is 286 g/mol. The number of carbonyl (C=O) groups excluding carboxylic acids is 1. The molecular weight excluding hydrogens is 260 g/mol. The Labute approximate surface area is 127 Å². The quantitative estimate of drug-likeness (QED) is 0.899. The Morgan fingerprint density at radius 2 is 2.05 bits per heavy atom. The molecule has 0 saturated heterocycles. The highest BCUT2D eigenvalue weighted by atomic mass is 16.2. The van der Waals surface area contributed by atoms with Crippen molar-refractivity contribution in [2.45, 2.75) is 51.5 Å². The minimum atomic E-state index is 0.183. The van der Waals surface area contributed by atoms with Gasteiger partial charge in [-0.15, -0.1) is 0 Å². The molecule has 2 atom stereocenters. The molecule has 1 aliphatic carbocycles. The maximum absolute atomic E-state index is 12.8. The Morgan fingerprint density at radius 1 is 1.24 bits per heavy atom. The number of aryl methyl sites for hydroxylation is 1. The largest absolute Gasteiger partial charge is 0.385 e. The molecule has 21 heavy (non-hydrogen) atoms. The molecule has 1 aromatic rings. The average Bonchev–Trinajstić information content (AvgIpc) is 2.53. The van der Waals surface area contributed by atoms with E-state index in [9.17, 15) is 4.79 Å². The van der Waals surface area contributed by atoms with Gasteiger partial charge in [0.15, 0.2) is 0 Å². The van der Waals surface area contributed by atoms with Gasteiger partial charge < -0.3 is 10.2 Å². The minimum absolute atomic E-state index is 0.183. The summed E-state index contributed by atoms with van der Waals surface area (Å²) in [7, 11) is 1.98. The van der Waals surface area contributed by atoms with Crippen LogP contribution >= 0.6 is 0 Å². The van der Waals surface area contributed by atoms with E-state index in [1.807, 2.05) is 18.0 Å². The maximum Gasteiger partial charge on any atom is 0.253 e. The molecule has 0 radical (unpaired) electrons. The zero-order chi connectivity index (χ0) is 14.8. The Bertz CT molecular complexity index is 526. The molecule has 2 aliphatic rings. The van der Waals surface area contributed by atoms with Crippen LogP contribution < -0.4 is 5.32 Å². The second-order valence-corrected chi connectivity index (χ2v) is 6.65. The molecule has 0 bridgehead atoms. The fourth-order valence-corrected chi connectivity index (χ4v) is 3.83. The molecule has 0 aromatic heterocycles. The van der Waals surface area contributed by atoms with Crippen LogP contribution in [0.3, 0.4) is 0 Å². The minimum Gasteiger partial charge on any atom is -0.385 e. The molecular formula is C18H26N2O. The molecule has 1 amide bonds. The van der Waals surface area contributed by atoms with Crippen LogP contribution in [0.15, 0.2) is 18.2 Å². The van der Waals surface area contributed by atoms with Crippen molar-refractivity contribution in [2.24, 2.45) is 5.92 Å². The van der Waals surface area contributed by atoms with Crippen LogP contribution in [0.25, 0.3) is 0 Å². The number of benzene rings is 1. The number of hydrogen-bond acceptors (Lipinski definition) is 2. The average molecular weight is 286 g/mol. The fourth-order valence-electron chi connectivity index (χ4n) is 3.83. The molecule has 1 heterocycles. The van der Waals surface area contributed by atoms with Gasteiger partial charge in [-0.3, -0.25) is 4.79 Å². The first kappa shape index (κ1) is 14.4. The van der Waals surface area contributed by atoms with E-state index in [-0.39, 0.29) is 5.91 Å². The highest BCUT2D eigenvalue weighted by molar-refractivity contribution is 5.95. The molecule has 3 nitrogen and oxygen atoms in total. The number of amides is 1. The van der Waals surface area contributed by atoms with Crippen LogP contribution in [0.2, 0.25) is 0 Å². The van der Waals surface area contributed by atoms with Gasteiger partial charge in [0.05, 0.1) is 0 Å². The summed E-state index contributed by atoms with van der Waals surface area (Å²) >= 11 is 0. The zero-order valence-corrected chi connectivity index (χ0v) is 13.2. The number of hydrogen-bond donors (Lipinski definition) is 1. The van der Waals surface area contributed by atoms with Crippen LogP contribution in [0.1, 0.15) is 54.9 Å². The van der Waals surface area contributed by atoms with E-state index in [4.69, 9.17) is 0 Å². The second-order valence-electron chi connectivity index (χ2n) is 6.65. The Balaban J connectivity index is 1.77. The Kier molecular flexibility index (Phi) is 4.18. The maximum atomic E-state index is 12.8. The van der Waals surface area contributed by atoms with Crippen molar-refractivity contribution in [1.29, 1.82) is 0 Å². The molecule has 1 N–H and O–H groups in total. The smallest absolute Gasteiger partial charge is 0.253 e. The fraction of sp³-hybridized carbons (Fsp3) is 0.611. The lowest BCUT2D eigenvalue weighted by atomic mass is 9.85. The van der Waals surface area contributed by atoms with Gasteiger partial charge in [0, 0.05) is 30.9 Å². The van der Waals surface area contributed by atoms with Crippen molar-refractivity contribution in [2.75, 3.05) is 18.9 Å². The molecule has 1 fully saturated rings. The van der Waals surface area contributed by atoms with E-state index in [2.05, 4.69) is 24.4 Å². The molecule has 1 saturated carbocycles. The predicted octanol–water partition coefficient (Wildman–Crippen LogP) is 3.70. The van der Waals surface area contributed by atoms with Crippen molar-refractivity contribution in [1.82, 2.24) is 4.90 Å². The van der Waals surface area contributed by atoms with E-state index in [1.54, 1.807) is 0 Å². The predicted molar refractivity (Wildman–Crippen MR) is 86.8 cm³/mol. The third-order valence-corrected chi connectivity index (χ3v) is 5.17. The first-order valence-electron chi connectivity index (χ1n) is 8.31. The topological polar surface area (TPSA) is 32.3 Å². The highest BCUT2D eigenvalue weighted by Gasteiger charge is 2.28. The molecule has 1 aromatic carbocycles. The van der Waals surface area contributed by atoms with Crippen molar-refractivity contribution < 1.29 is 4.79 Å². The number of fused-ring (bicyclic) bond motifs is 1. The van der Waals surface area contributed by atoms with Crippen molar-refractivity contribution in [3.8, 4) is 0 Å². The van der Waals surface area contributed by atoms with Crippen LogP contribution in [0.5, 0.6) is 0 Å². The number of nitrogens with zero attached hydrogens (tertiary/aromatic N) is 1. The van der Waals surface area contributed by atoms with Crippen molar-refractivity contribution in [3.05, 3.63) is 29.3 Å². The number of rotatable bonds is 2. The van der Waals surface area contributed by atoms with Gasteiger partial charge in [0.2, 0.25) is 0 Å². The molecule has 3 heteroatoms. The normalized spacial score (nSPS) is 24.9. The summed E-state index contributed by atoms with van der Waals surface area (Å²) in [6, 6.07) is 6.54. The lowest BCUT2D eigenvalue weighted by Gasteiger charge is -2.36. The summed E-state index contributed by atoms with van der Waals surface area (Å²) < 4.78 is 0. The lowest BCUT2D eigenvalue weighted by molar-refractivity contribution is 0.0629. The molecule has 2 unspecified atom stereocenters. The summed E-state index contributed by atoms with van der Waals surface area (Å²) in [5, 5.41) is 3.40. The first-order chi connectivity index (χ1) is 10.2. The van der Waals surface area contributed by atoms with Gasteiger partial charge >= 0.3 is 0 Å². The lowest BCUT2D eigenvalue weighted by Crippen LogP contribution is -2.42. The number of anilines is 1. The van der Waals surface area contributed by atoms with Crippen molar-refractivity contribution >= 4 is 11.6 Å². The van der Waals surface area contributed by atoms with E-state index in [0.29, 0.717) is 12.0 Å². The summed E-state index contributed by atoms with van der Waals surface area (Å²) in [5.74, 6) is 0.800. The van der Waals surface area contributed by atoms with E-state index < -0.39 is 0 Å². The van der Waals surface area contributed by atoms with Gasteiger partial charge in [0.25, 0.3) is 5.91 Å². The van der Waals surface area contributed by atoms with E-state index in [1.165, 1.54) is 30.5 Å². The zero-order valence-electron chi connectivity index (χ0n) is 13.2. The molecule has 0 spiro atoms.